The van der Waals surface area contributed by atoms with E-state index in [0.29, 0.717) is 0 Å². The normalized spacial score (nSPS) is 38.8. The second-order valence-corrected chi connectivity index (χ2v) is 6.63. The first kappa shape index (κ1) is 12.9. The summed E-state index contributed by atoms with van der Waals surface area (Å²) >= 11 is 0. The van der Waals surface area contributed by atoms with Gasteiger partial charge in [-0.15, -0.1) is 0 Å². The van der Waals surface area contributed by atoms with Gasteiger partial charge in [0.1, 0.15) is 0 Å². The van der Waals surface area contributed by atoms with Crippen molar-refractivity contribution in [2.75, 3.05) is 39.3 Å². The van der Waals surface area contributed by atoms with Gasteiger partial charge in [-0.25, -0.2) is 0 Å². The third-order valence-corrected chi connectivity index (χ3v) is 5.53. The van der Waals surface area contributed by atoms with Gasteiger partial charge in [-0.1, -0.05) is 12.8 Å². The number of nitrogens with zero attached hydrogens (tertiary/aromatic N) is 2. The van der Waals surface area contributed by atoms with Crippen molar-refractivity contribution in [2.24, 2.45) is 17.6 Å². The predicted octanol–water partition coefficient (Wildman–Crippen LogP) is 1.53. The van der Waals surface area contributed by atoms with Crippen LogP contribution in [0.25, 0.3) is 0 Å². The summed E-state index contributed by atoms with van der Waals surface area (Å²) in [6.07, 6.45) is 8.51. The fourth-order valence-corrected chi connectivity index (χ4v) is 4.39. The van der Waals surface area contributed by atoms with E-state index in [0.717, 1.165) is 24.4 Å². The Balaban J connectivity index is 1.52. The average Bonchev–Trinajstić information content (AvgIpc) is 2.87. The lowest BCUT2D eigenvalue weighted by atomic mass is 9.79. The first-order valence-corrected chi connectivity index (χ1v) is 8.03. The topological polar surface area (TPSA) is 32.5 Å². The summed E-state index contributed by atoms with van der Waals surface area (Å²) in [5, 5.41) is 0. The molecule has 0 radical (unpaired) electrons. The Morgan fingerprint density at radius 3 is 2.56 bits per heavy atom. The lowest BCUT2D eigenvalue weighted by Crippen LogP contribution is -2.52. The van der Waals surface area contributed by atoms with Crippen LogP contribution >= 0.6 is 0 Å². The Morgan fingerprint density at radius 1 is 0.889 bits per heavy atom. The molecule has 0 aromatic carbocycles. The highest BCUT2D eigenvalue weighted by atomic mass is 15.3. The van der Waals surface area contributed by atoms with Crippen LogP contribution < -0.4 is 5.73 Å². The van der Waals surface area contributed by atoms with Crippen molar-refractivity contribution < 1.29 is 0 Å². The zero-order chi connectivity index (χ0) is 12.4. The van der Waals surface area contributed by atoms with Gasteiger partial charge in [0.25, 0.3) is 0 Å². The van der Waals surface area contributed by atoms with Gasteiger partial charge in [-0.3, -0.25) is 4.90 Å². The number of piperazine rings is 1. The molecule has 104 valence electrons. The fraction of sp³-hybridized carbons (Fsp3) is 1.00. The molecule has 2 N–H and O–H groups in total. The molecule has 18 heavy (non-hydrogen) atoms. The summed E-state index contributed by atoms with van der Waals surface area (Å²) in [6, 6.07) is 0.874. The highest BCUT2D eigenvalue weighted by molar-refractivity contribution is 4.88. The molecule has 1 aliphatic carbocycles. The minimum absolute atomic E-state index is 0.806. The van der Waals surface area contributed by atoms with Crippen LogP contribution in [-0.2, 0) is 0 Å². The third kappa shape index (κ3) is 2.73. The first-order valence-electron chi connectivity index (χ1n) is 8.03. The van der Waals surface area contributed by atoms with Crippen LogP contribution in [0.5, 0.6) is 0 Å². The molecule has 3 unspecified atom stereocenters. The Morgan fingerprint density at radius 2 is 1.72 bits per heavy atom. The summed E-state index contributed by atoms with van der Waals surface area (Å²) in [7, 11) is 0. The van der Waals surface area contributed by atoms with E-state index < -0.39 is 0 Å². The van der Waals surface area contributed by atoms with Crippen molar-refractivity contribution >= 4 is 0 Å². The van der Waals surface area contributed by atoms with Gasteiger partial charge in [0.05, 0.1) is 0 Å². The molecule has 3 fully saturated rings. The van der Waals surface area contributed by atoms with Crippen molar-refractivity contribution in [3.05, 3.63) is 0 Å². The van der Waals surface area contributed by atoms with Crippen LogP contribution in [0.1, 0.15) is 38.5 Å². The molecule has 0 bridgehead atoms. The molecular formula is C15H29N3. The molecule has 0 aromatic heterocycles. The third-order valence-electron chi connectivity index (χ3n) is 5.53. The zero-order valence-electron chi connectivity index (χ0n) is 11.7. The number of hydrogen-bond donors (Lipinski definition) is 1. The molecule has 2 heterocycles. The molecular weight excluding hydrogens is 222 g/mol. The highest BCUT2D eigenvalue weighted by Crippen LogP contribution is 2.31. The van der Waals surface area contributed by atoms with E-state index in [1.807, 2.05) is 0 Å². The maximum absolute atomic E-state index is 5.96. The van der Waals surface area contributed by atoms with E-state index in [2.05, 4.69) is 9.80 Å². The lowest BCUT2D eigenvalue weighted by Gasteiger charge is -2.41. The van der Waals surface area contributed by atoms with E-state index in [-0.39, 0.29) is 0 Å². The van der Waals surface area contributed by atoms with Crippen molar-refractivity contribution in [3.63, 3.8) is 0 Å². The summed E-state index contributed by atoms with van der Waals surface area (Å²) in [5.74, 6) is 1.69. The summed E-state index contributed by atoms with van der Waals surface area (Å²) in [5.41, 5.74) is 5.96. The number of nitrogens with two attached hydrogens (primary N) is 1. The van der Waals surface area contributed by atoms with Crippen molar-refractivity contribution in [3.8, 4) is 0 Å². The summed E-state index contributed by atoms with van der Waals surface area (Å²) < 4.78 is 0. The van der Waals surface area contributed by atoms with Crippen LogP contribution in [0, 0.1) is 11.8 Å². The minimum Gasteiger partial charge on any atom is -0.330 e. The molecule has 3 heteroatoms. The Kier molecular flexibility index (Phi) is 4.22. The van der Waals surface area contributed by atoms with Crippen LogP contribution in [0.4, 0.5) is 0 Å². The van der Waals surface area contributed by atoms with Gasteiger partial charge in [-0.05, 0) is 50.6 Å². The smallest absolute Gasteiger partial charge is 0.0224 e. The zero-order valence-corrected chi connectivity index (χ0v) is 11.7. The Bertz CT molecular complexity index is 268. The summed E-state index contributed by atoms with van der Waals surface area (Å²) in [4.78, 5) is 5.45. The SMILES string of the molecule is NCC1CCCCC1CN1CCN2CCCC2C1. The van der Waals surface area contributed by atoms with Crippen LogP contribution in [0.15, 0.2) is 0 Å². The van der Waals surface area contributed by atoms with Crippen molar-refractivity contribution in [1.29, 1.82) is 0 Å². The van der Waals surface area contributed by atoms with E-state index in [4.69, 9.17) is 5.73 Å². The van der Waals surface area contributed by atoms with E-state index in [1.165, 1.54) is 71.2 Å². The Labute approximate surface area is 112 Å². The van der Waals surface area contributed by atoms with Gasteiger partial charge in [0.2, 0.25) is 0 Å². The number of rotatable bonds is 3. The van der Waals surface area contributed by atoms with Crippen molar-refractivity contribution in [2.45, 2.75) is 44.6 Å². The molecule has 3 atom stereocenters. The average molecular weight is 251 g/mol. The van der Waals surface area contributed by atoms with Gasteiger partial charge < -0.3 is 10.6 Å². The summed E-state index contributed by atoms with van der Waals surface area (Å²) in [6.45, 7) is 7.52. The maximum Gasteiger partial charge on any atom is 0.0224 e. The molecule has 2 aliphatic heterocycles. The quantitative estimate of drug-likeness (QED) is 0.826. The highest BCUT2D eigenvalue weighted by Gasteiger charge is 2.33. The molecule has 0 aromatic rings. The molecule has 0 amide bonds. The van der Waals surface area contributed by atoms with Crippen LogP contribution in [-0.4, -0.2) is 55.1 Å². The van der Waals surface area contributed by atoms with Crippen molar-refractivity contribution in [1.82, 2.24) is 9.80 Å². The van der Waals surface area contributed by atoms with Gasteiger partial charge in [-0.2, -0.15) is 0 Å². The van der Waals surface area contributed by atoms with Gasteiger partial charge in [0.15, 0.2) is 0 Å². The lowest BCUT2D eigenvalue weighted by molar-refractivity contribution is 0.0729. The molecule has 3 aliphatic rings. The molecule has 3 nitrogen and oxygen atoms in total. The van der Waals surface area contributed by atoms with E-state index in [1.54, 1.807) is 0 Å². The van der Waals surface area contributed by atoms with E-state index >= 15 is 0 Å². The maximum atomic E-state index is 5.96. The largest absolute Gasteiger partial charge is 0.330 e. The number of fused-ring (bicyclic) bond motifs is 1. The predicted molar refractivity (Wildman–Crippen MR) is 75.5 cm³/mol. The Hall–Kier alpha value is -0.120. The fourth-order valence-electron chi connectivity index (χ4n) is 4.39. The van der Waals surface area contributed by atoms with Gasteiger partial charge >= 0.3 is 0 Å². The molecule has 3 rings (SSSR count). The minimum atomic E-state index is 0.806. The second-order valence-electron chi connectivity index (χ2n) is 6.63. The second kappa shape index (κ2) is 5.89. The molecule has 1 saturated carbocycles. The monoisotopic (exact) mass is 251 g/mol. The van der Waals surface area contributed by atoms with Crippen LogP contribution in [0.2, 0.25) is 0 Å². The van der Waals surface area contributed by atoms with Gasteiger partial charge in [0, 0.05) is 32.2 Å². The number of hydrogen-bond acceptors (Lipinski definition) is 3. The first-order chi connectivity index (χ1) is 8.86. The standard InChI is InChI=1S/C15H29N3/c16-10-13-4-1-2-5-14(13)11-17-8-9-18-7-3-6-15(18)12-17/h13-15H,1-12,16H2. The van der Waals surface area contributed by atoms with Crippen LogP contribution in [0.3, 0.4) is 0 Å². The van der Waals surface area contributed by atoms with E-state index in [9.17, 15) is 0 Å². The molecule has 0 spiro atoms. The molecule has 2 saturated heterocycles.